The number of fused-ring (bicyclic) bond motifs is 1. The first-order valence-corrected chi connectivity index (χ1v) is 7.59. The summed E-state index contributed by atoms with van der Waals surface area (Å²) in [5.74, 6) is -0.325. The second kappa shape index (κ2) is 5.88. The van der Waals surface area contributed by atoms with Crippen LogP contribution in [0.15, 0.2) is 70.5 Å². The van der Waals surface area contributed by atoms with Crippen LogP contribution in [0.3, 0.4) is 0 Å². The SMILES string of the molecule is CC(O)c1cc(F)ccc1Sc1ccc2ccccc2c1. The second-order valence-corrected chi connectivity index (χ2v) is 6.08. The molecule has 21 heavy (non-hydrogen) atoms. The highest BCUT2D eigenvalue weighted by atomic mass is 32.2. The lowest BCUT2D eigenvalue weighted by molar-refractivity contribution is 0.196. The Morgan fingerprint density at radius 2 is 1.71 bits per heavy atom. The summed E-state index contributed by atoms with van der Waals surface area (Å²) in [5, 5.41) is 12.2. The molecule has 0 aliphatic rings. The minimum atomic E-state index is -0.691. The van der Waals surface area contributed by atoms with E-state index in [1.54, 1.807) is 13.0 Å². The van der Waals surface area contributed by atoms with E-state index >= 15 is 0 Å². The number of benzene rings is 3. The fraction of sp³-hybridized carbons (Fsp3) is 0.111. The normalized spacial score (nSPS) is 12.5. The zero-order valence-corrected chi connectivity index (χ0v) is 12.4. The third kappa shape index (κ3) is 3.09. The minimum absolute atomic E-state index is 0.325. The van der Waals surface area contributed by atoms with Crippen LogP contribution in [0.4, 0.5) is 4.39 Å². The highest BCUT2D eigenvalue weighted by molar-refractivity contribution is 7.99. The maximum Gasteiger partial charge on any atom is 0.123 e. The molecule has 0 radical (unpaired) electrons. The van der Waals surface area contributed by atoms with E-state index in [9.17, 15) is 9.50 Å². The van der Waals surface area contributed by atoms with Gasteiger partial charge in [0, 0.05) is 9.79 Å². The molecule has 1 unspecified atom stereocenters. The molecule has 0 amide bonds. The number of rotatable bonds is 3. The molecular formula is C18H15FOS. The van der Waals surface area contributed by atoms with Gasteiger partial charge in [-0.1, -0.05) is 42.1 Å². The molecule has 0 fully saturated rings. The van der Waals surface area contributed by atoms with Crippen LogP contribution in [-0.2, 0) is 0 Å². The molecule has 0 bridgehead atoms. The van der Waals surface area contributed by atoms with Gasteiger partial charge in [0.15, 0.2) is 0 Å². The van der Waals surface area contributed by atoms with E-state index in [0.717, 1.165) is 9.79 Å². The van der Waals surface area contributed by atoms with E-state index in [1.165, 1.54) is 34.7 Å². The van der Waals surface area contributed by atoms with Gasteiger partial charge in [-0.05, 0) is 53.6 Å². The van der Waals surface area contributed by atoms with Crippen molar-refractivity contribution in [2.75, 3.05) is 0 Å². The molecule has 1 nitrogen and oxygen atoms in total. The van der Waals surface area contributed by atoms with Crippen molar-refractivity contribution in [2.24, 2.45) is 0 Å². The zero-order valence-electron chi connectivity index (χ0n) is 11.6. The van der Waals surface area contributed by atoms with Crippen LogP contribution >= 0.6 is 11.8 Å². The number of halogens is 1. The quantitative estimate of drug-likeness (QED) is 0.718. The minimum Gasteiger partial charge on any atom is -0.389 e. The van der Waals surface area contributed by atoms with E-state index in [-0.39, 0.29) is 5.82 Å². The summed E-state index contributed by atoms with van der Waals surface area (Å²) >= 11 is 1.54. The van der Waals surface area contributed by atoms with E-state index in [0.29, 0.717) is 5.56 Å². The average Bonchev–Trinajstić information content (AvgIpc) is 2.49. The standard InChI is InChI=1S/C18H15FOS/c1-12(20)17-11-15(19)7-9-18(17)21-16-8-6-13-4-2-3-5-14(13)10-16/h2-12,20H,1H3. The van der Waals surface area contributed by atoms with Gasteiger partial charge >= 0.3 is 0 Å². The molecule has 3 aromatic carbocycles. The smallest absolute Gasteiger partial charge is 0.123 e. The first-order valence-electron chi connectivity index (χ1n) is 6.77. The van der Waals surface area contributed by atoms with Crippen molar-refractivity contribution in [3.8, 4) is 0 Å². The van der Waals surface area contributed by atoms with Gasteiger partial charge in [0.1, 0.15) is 5.82 Å². The van der Waals surface area contributed by atoms with E-state index in [2.05, 4.69) is 24.3 Å². The Morgan fingerprint density at radius 3 is 2.48 bits per heavy atom. The number of aliphatic hydroxyl groups is 1. The molecule has 0 heterocycles. The fourth-order valence-electron chi connectivity index (χ4n) is 2.30. The molecule has 3 rings (SSSR count). The second-order valence-electron chi connectivity index (χ2n) is 4.97. The van der Waals surface area contributed by atoms with E-state index < -0.39 is 6.10 Å². The molecule has 1 N–H and O–H groups in total. The van der Waals surface area contributed by atoms with Crippen LogP contribution in [0.25, 0.3) is 10.8 Å². The summed E-state index contributed by atoms with van der Waals surface area (Å²) < 4.78 is 13.3. The predicted molar refractivity (Wildman–Crippen MR) is 85.1 cm³/mol. The van der Waals surface area contributed by atoms with Crippen LogP contribution in [0.1, 0.15) is 18.6 Å². The lowest BCUT2D eigenvalue weighted by Gasteiger charge is -2.12. The molecule has 1 atom stereocenters. The number of aliphatic hydroxyl groups excluding tert-OH is 1. The van der Waals surface area contributed by atoms with Crippen LogP contribution in [0, 0.1) is 5.82 Å². The summed E-state index contributed by atoms with van der Waals surface area (Å²) in [6.45, 7) is 1.65. The third-order valence-corrected chi connectivity index (χ3v) is 4.45. The molecule has 0 aromatic heterocycles. The molecule has 0 spiro atoms. The molecule has 0 aliphatic heterocycles. The Hall–Kier alpha value is -1.84. The monoisotopic (exact) mass is 298 g/mol. The van der Waals surface area contributed by atoms with E-state index in [1.807, 2.05) is 18.2 Å². The molecule has 0 saturated heterocycles. The lowest BCUT2D eigenvalue weighted by atomic mass is 10.1. The van der Waals surface area contributed by atoms with Gasteiger partial charge in [-0.15, -0.1) is 0 Å². The maximum absolute atomic E-state index is 13.3. The van der Waals surface area contributed by atoms with Gasteiger partial charge in [0.2, 0.25) is 0 Å². The third-order valence-electron chi connectivity index (χ3n) is 3.37. The average molecular weight is 298 g/mol. The van der Waals surface area contributed by atoms with Gasteiger partial charge in [0.05, 0.1) is 6.10 Å². The Bertz CT molecular complexity index is 783. The van der Waals surface area contributed by atoms with Gasteiger partial charge in [0.25, 0.3) is 0 Å². The first kappa shape index (κ1) is 14.1. The highest BCUT2D eigenvalue weighted by Gasteiger charge is 2.11. The summed E-state index contributed by atoms with van der Waals surface area (Å²) in [6, 6.07) is 18.9. The summed E-state index contributed by atoms with van der Waals surface area (Å²) in [6.07, 6.45) is -0.691. The predicted octanol–water partition coefficient (Wildman–Crippen LogP) is 5.18. The van der Waals surface area contributed by atoms with E-state index in [4.69, 9.17) is 0 Å². The molecule has 106 valence electrons. The molecule has 0 saturated carbocycles. The first-order chi connectivity index (χ1) is 10.1. The summed E-state index contributed by atoms with van der Waals surface area (Å²) in [4.78, 5) is 1.95. The van der Waals surface area contributed by atoms with Crippen molar-refractivity contribution < 1.29 is 9.50 Å². The fourth-order valence-corrected chi connectivity index (χ4v) is 3.36. The van der Waals surface area contributed by atoms with Crippen molar-refractivity contribution in [1.29, 1.82) is 0 Å². The Kier molecular flexibility index (Phi) is 3.95. The lowest BCUT2D eigenvalue weighted by Crippen LogP contribution is -1.95. The maximum atomic E-state index is 13.3. The van der Waals surface area contributed by atoms with Crippen LogP contribution < -0.4 is 0 Å². The van der Waals surface area contributed by atoms with Crippen molar-refractivity contribution in [3.05, 3.63) is 72.0 Å². The zero-order chi connectivity index (χ0) is 14.8. The largest absolute Gasteiger partial charge is 0.389 e. The van der Waals surface area contributed by atoms with Crippen LogP contribution in [0.5, 0.6) is 0 Å². The molecule has 0 aliphatic carbocycles. The number of hydrogen-bond donors (Lipinski definition) is 1. The van der Waals surface area contributed by atoms with Gasteiger partial charge in [-0.25, -0.2) is 4.39 Å². The summed E-state index contributed by atoms with van der Waals surface area (Å²) in [5.41, 5.74) is 0.619. The van der Waals surface area contributed by atoms with Gasteiger partial charge < -0.3 is 5.11 Å². The van der Waals surface area contributed by atoms with Gasteiger partial charge in [-0.3, -0.25) is 0 Å². The van der Waals surface area contributed by atoms with Crippen LogP contribution in [0.2, 0.25) is 0 Å². The van der Waals surface area contributed by atoms with Crippen molar-refractivity contribution in [2.45, 2.75) is 22.8 Å². The van der Waals surface area contributed by atoms with Crippen molar-refractivity contribution >= 4 is 22.5 Å². The topological polar surface area (TPSA) is 20.2 Å². The van der Waals surface area contributed by atoms with Gasteiger partial charge in [-0.2, -0.15) is 0 Å². The molecule has 3 heteroatoms. The Balaban J connectivity index is 1.98. The molecular weight excluding hydrogens is 283 g/mol. The molecule has 3 aromatic rings. The highest BCUT2D eigenvalue weighted by Crippen LogP contribution is 2.35. The van der Waals surface area contributed by atoms with Crippen molar-refractivity contribution in [1.82, 2.24) is 0 Å². The number of hydrogen-bond acceptors (Lipinski definition) is 2. The van der Waals surface area contributed by atoms with Crippen LogP contribution in [-0.4, -0.2) is 5.11 Å². The summed E-state index contributed by atoms with van der Waals surface area (Å²) in [7, 11) is 0. The van der Waals surface area contributed by atoms with Crippen molar-refractivity contribution in [3.63, 3.8) is 0 Å². The Morgan fingerprint density at radius 1 is 0.952 bits per heavy atom. The Labute approximate surface area is 127 Å².